The molecule has 0 radical (unpaired) electrons. The van der Waals surface area contributed by atoms with Crippen LogP contribution in [0, 0.1) is 20.8 Å². The van der Waals surface area contributed by atoms with Crippen molar-refractivity contribution >= 4 is 27.3 Å². The monoisotopic (exact) mass is 438 g/mol. The summed E-state index contributed by atoms with van der Waals surface area (Å²) in [5.74, 6) is 0.334. The molecule has 0 aliphatic rings. The first kappa shape index (κ1) is 22.4. The number of hydrogen-bond acceptors (Lipinski definition) is 4. The number of carbonyl (C=O) groups excluding carboxylic acids is 1. The van der Waals surface area contributed by atoms with Gasteiger partial charge >= 0.3 is 0 Å². The Morgan fingerprint density at radius 3 is 2.26 bits per heavy atom. The predicted molar refractivity (Wildman–Crippen MR) is 123 cm³/mol. The number of carbonyl (C=O) groups is 1. The summed E-state index contributed by atoms with van der Waals surface area (Å²) in [6, 6.07) is 18.8. The first-order valence-corrected chi connectivity index (χ1v) is 11.4. The average molecular weight is 439 g/mol. The van der Waals surface area contributed by atoms with Gasteiger partial charge in [0.1, 0.15) is 5.75 Å². The van der Waals surface area contributed by atoms with Gasteiger partial charge in [0.25, 0.3) is 15.9 Å². The van der Waals surface area contributed by atoms with E-state index in [1.165, 1.54) is 12.1 Å². The molecule has 0 bridgehead atoms. The maximum Gasteiger partial charge on any atom is 0.265 e. The fourth-order valence-corrected chi connectivity index (χ4v) is 4.03. The maximum absolute atomic E-state index is 12.6. The zero-order valence-electron chi connectivity index (χ0n) is 18.0. The Hall–Kier alpha value is -3.32. The van der Waals surface area contributed by atoms with E-state index in [1.54, 1.807) is 37.3 Å². The number of sulfonamides is 1. The highest BCUT2D eigenvalue weighted by molar-refractivity contribution is 7.92. The van der Waals surface area contributed by atoms with Crippen LogP contribution in [0.2, 0.25) is 0 Å². The summed E-state index contributed by atoms with van der Waals surface area (Å²) < 4.78 is 33.5. The van der Waals surface area contributed by atoms with Gasteiger partial charge in [-0.25, -0.2) is 8.42 Å². The normalized spacial score (nSPS) is 12.1. The average Bonchev–Trinajstić information content (AvgIpc) is 2.71. The molecule has 0 spiro atoms. The van der Waals surface area contributed by atoms with Crippen molar-refractivity contribution in [2.24, 2.45) is 0 Å². The summed E-state index contributed by atoms with van der Waals surface area (Å²) in [5, 5.41) is 2.75. The molecule has 0 heterocycles. The zero-order valence-corrected chi connectivity index (χ0v) is 18.8. The molecule has 2 N–H and O–H groups in total. The lowest BCUT2D eigenvalue weighted by Crippen LogP contribution is -2.30. The maximum atomic E-state index is 12.6. The molecule has 3 aromatic rings. The van der Waals surface area contributed by atoms with Gasteiger partial charge in [-0.3, -0.25) is 9.52 Å². The van der Waals surface area contributed by atoms with Crippen molar-refractivity contribution in [1.82, 2.24) is 0 Å². The molecule has 1 unspecified atom stereocenters. The summed E-state index contributed by atoms with van der Waals surface area (Å²) in [4.78, 5) is 12.6. The molecule has 6 nitrogen and oxygen atoms in total. The third-order valence-electron chi connectivity index (χ3n) is 4.93. The van der Waals surface area contributed by atoms with Crippen LogP contribution in [0.4, 0.5) is 11.4 Å². The minimum atomic E-state index is -3.73. The fraction of sp³-hybridized carbons (Fsp3) is 0.208. The number of nitrogens with one attached hydrogen (secondary N) is 2. The van der Waals surface area contributed by atoms with Crippen molar-refractivity contribution in [2.45, 2.75) is 38.7 Å². The van der Waals surface area contributed by atoms with Crippen LogP contribution in [0.3, 0.4) is 0 Å². The molecule has 7 heteroatoms. The number of ether oxygens (including phenoxy) is 1. The highest BCUT2D eigenvalue weighted by atomic mass is 32.2. The highest BCUT2D eigenvalue weighted by Crippen LogP contribution is 2.23. The molecule has 1 amide bonds. The van der Waals surface area contributed by atoms with E-state index in [2.05, 4.69) is 10.0 Å². The van der Waals surface area contributed by atoms with Gasteiger partial charge in [-0.15, -0.1) is 0 Å². The summed E-state index contributed by atoms with van der Waals surface area (Å²) in [6.45, 7) is 7.48. The van der Waals surface area contributed by atoms with Crippen molar-refractivity contribution in [3.63, 3.8) is 0 Å². The number of hydrogen-bond donors (Lipinski definition) is 2. The molecule has 3 rings (SSSR count). The van der Waals surface area contributed by atoms with Gasteiger partial charge in [0.05, 0.1) is 4.90 Å². The van der Waals surface area contributed by atoms with Crippen molar-refractivity contribution in [3.05, 3.63) is 83.4 Å². The summed E-state index contributed by atoms with van der Waals surface area (Å²) >= 11 is 0. The lowest BCUT2D eigenvalue weighted by Gasteiger charge is -2.17. The molecular formula is C24H26N2O4S. The number of benzene rings is 3. The molecular weight excluding hydrogens is 412 g/mol. The molecule has 0 saturated carbocycles. The van der Waals surface area contributed by atoms with Gasteiger partial charge in [-0.1, -0.05) is 24.3 Å². The predicted octanol–water partition coefficient (Wildman–Crippen LogP) is 4.82. The lowest BCUT2D eigenvalue weighted by molar-refractivity contribution is -0.122. The smallest absolute Gasteiger partial charge is 0.265 e. The van der Waals surface area contributed by atoms with E-state index >= 15 is 0 Å². The Morgan fingerprint density at radius 1 is 0.903 bits per heavy atom. The molecule has 162 valence electrons. The van der Waals surface area contributed by atoms with Gasteiger partial charge in [0.2, 0.25) is 0 Å². The highest BCUT2D eigenvalue weighted by Gasteiger charge is 2.18. The molecule has 1 atom stereocenters. The Bertz CT molecular complexity index is 1190. The fourth-order valence-electron chi connectivity index (χ4n) is 2.98. The van der Waals surface area contributed by atoms with Crippen LogP contribution in [-0.4, -0.2) is 20.4 Å². The molecule has 0 aliphatic heterocycles. The molecule has 0 aliphatic carbocycles. The Labute approximate surface area is 183 Å². The first-order chi connectivity index (χ1) is 14.7. The van der Waals surface area contributed by atoms with Crippen LogP contribution < -0.4 is 14.8 Å². The van der Waals surface area contributed by atoms with Crippen molar-refractivity contribution in [3.8, 4) is 5.75 Å². The van der Waals surface area contributed by atoms with Crippen LogP contribution in [0.1, 0.15) is 23.6 Å². The summed E-state index contributed by atoms with van der Waals surface area (Å²) in [7, 11) is -3.73. The largest absolute Gasteiger partial charge is 0.481 e. The zero-order chi connectivity index (χ0) is 22.6. The van der Waals surface area contributed by atoms with E-state index < -0.39 is 16.1 Å². The molecule has 31 heavy (non-hydrogen) atoms. The topological polar surface area (TPSA) is 84.5 Å². The van der Waals surface area contributed by atoms with Crippen LogP contribution in [-0.2, 0) is 14.8 Å². The molecule has 3 aromatic carbocycles. The van der Waals surface area contributed by atoms with Crippen molar-refractivity contribution in [1.29, 1.82) is 0 Å². The Morgan fingerprint density at radius 2 is 1.58 bits per heavy atom. The van der Waals surface area contributed by atoms with Crippen LogP contribution >= 0.6 is 0 Å². The van der Waals surface area contributed by atoms with Gasteiger partial charge in [0.15, 0.2) is 6.10 Å². The minimum Gasteiger partial charge on any atom is -0.481 e. The summed E-state index contributed by atoms with van der Waals surface area (Å²) in [5.41, 5.74) is 4.00. The van der Waals surface area contributed by atoms with E-state index in [-0.39, 0.29) is 10.8 Å². The van der Waals surface area contributed by atoms with E-state index in [1.807, 2.05) is 45.0 Å². The third kappa shape index (κ3) is 5.64. The lowest BCUT2D eigenvalue weighted by atomic mass is 10.1. The summed E-state index contributed by atoms with van der Waals surface area (Å²) in [6.07, 6.45) is -0.716. The van der Waals surface area contributed by atoms with E-state index in [9.17, 15) is 13.2 Å². The molecule has 0 aromatic heterocycles. The third-order valence-corrected chi connectivity index (χ3v) is 6.33. The quantitative estimate of drug-likeness (QED) is 0.554. The number of amides is 1. The Balaban J connectivity index is 1.65. The van der Waals surface area contributed by atoms with Gasteiger partial charge in [-0.05, 0) is 86.8 Å². The SMILES string of the molecule is Cc1cccc(NS(=O)(=O)c2ccc(NC(=O)C(C)Oc3cccc(C)c3C)cc2)c1. The second-order valence-corrected chi connectivity index (χ2v) is 9.13. The van der Waals surface area contributed by atoms with Gasteiger partial charge in [-0.2, -0.15) is 0 Å². The van der Waals surface area contributed by atoms with Crippen LogP contribution in [0.25, 0.3) is 0 Å². The Kier molecular flexibility index (Phi) is 6.65. The van der Waals surface area contributed by atoms with Gasteiger partial charge < -0.3 is 10.1 Å². The van der Waals surface area contributed by atoms with Crippen molar-refractivity contribution < 1.29 is 17.9 Å². The minimum absolute atomic E-state index is 0.103. The van der Waals surface area contributed by atoms with E-state index in [0.717, 1.165) is 16.7 Å². The second-order valence-electron chi connectivity index (χ2n) is 7.45. The standard InChI is InChI=1S/C24H26N2O4S/c1-16-7-5-9-21(15-16)26-31(28,29)22-13-11-20(12-14-22)25-24(27)19(4)30-23-10-6-8-17(2)18(23)3/h5-15,19,26H,1-4H3,(H,25,27). The number of aryl methyl sites for hydroxylation is 2. The first-order valence-electron chi connectivity index (χ1n) is 9.89. The number of rotatable bonds is 7. The van der Waals surface area contributed by atoms with Crippen LogP contribution in [0.5, 0.6) is 5.75 Å². The van der Waals surface area contributed by atoms with E-state index in [0.29, 0.717) is 17.1 Å². The van der Waals surface area contributed by atoms with Crippen molar-refractivity contribution in [2.75, 3.05) is 10.0 Å². The molecule has 0 fully saturated rings. The second kappa shape index (κ2) is 9.22. The molecule has 0 saturated heterocycles. The van der Waals surface area contributed by atoms with Gasteiger partial charge in [0, 0.05) is 11.4 Å². The van der Waals surface area contributed by atoms with Crippen LogP contribution in [0.15, 0.2) is 71.6 Å². The van der Waals surface area contributed by atoms with E-state index in [4.69, 9.17) is 4.74 Å². The number of anilines is 2.